The number of carbonyl (C=O) groups is 1. The lowest BCUT2D eigenvalue weighted by molar-refractivity contribution is -0.384. The van der Waals surface area contributed by atoms with Gasteiger partial charge in [0.2, 0.25) is 5.89 Å². The van der Waals surface area contributed by atoms with Gasteiger partial charge >= 0.3 is 6.01 Å². The van der Waals surface area contributed by atoms with Crippen molar-refractivity contribution in [2.24, 2.45) is 0 Å². The average Bonchev–Trinajstić information content (AvgIpc) is 3.14. The zero-order chi connectivity index (χ0) is 21.0. The SMILES string of the molecule is CS(=O)(=O)c1ccc(-c2nnc(NC(=O)C=Cc3cccc([N+](=O)[O-])c3)o2)cc1. The van der Waals surface area contributed by atoms with Gasteiger partial charge < -0.3 is 4.42 Å². The molecule has 0 spiro atoms. The van der Waals surface area contributed by atoms with E-state index >= 15 is 0 Å². The predicted octanol–water partition coefficient (Wildman–Crippen LogP) is 2.70. The fraction of sp³-hybridized carbons (Fsp3) is 0.0556. The molecule has 0 atom stereocenters. The molecule has 1 aromatic heterocycles. The molecular formula is C18H14N4O6S. The summed E-state index contributed by atoms with van der Waals surface area (Å²) < 4.78 is 28.3. The van der Waals surface area contributed by atoms with Crippen molar-refractivity contribution in [2.75, 3.05) is 11.6 Å². The maximum atomic E-state index is 12.0. The number of carbonyl (C=O) groups excluding carboxylic acids is 1. The maximum absolute atomic E-state index is 12.0. The van der Waals surface area contributed by atoms with Crippen LogP contribution in [0.1, 0.15) is 5.56 Å². The topological polar surface area (TPSA) is 145 Å². The van der Waals surface area contributed by atoms with Crippen molar-refractivity contribution in [1.82, 2.24) is 10.2 Å². The molecule has 3 aromatic rings. The molecular weight excluding hydrogens is 400 g/mol. The zero-order valence-electron chi connectivity index (χ0n) is 15.0. The lowest BCUT2D eigenvalue weighted by Crippen LogP contribution is -2.07. The highest BCUT2D eigenvalue weighted by atomic mass is 32.2. The number of nitrogens with zero attached hydrogens (tertiary/aromatic N) is 3. The number of non-ortho nitro benzene ring substituents is 1. The normalized spacial score (nSPS) is 11.5. The number of benzene rings is 2. The summed E-state index contributed by atoms with van der Waals surface area (Å²) in [6.45, 7) is 0. The van der Waals surface area contributed by atoms with Crippen LogP contribution in [-0.4, -0.2) is 35.7 Å². The Morgan fingerprint density at radius 1 is 1.17 bits per heavy atom. The number of nitro benzene ring substituents is 1. The third-order valence-corrected chi connectivity index (χ3v) is 4.82. The quantitative estimate of drug-likeness (QED) is 0.368. The highest BCUT2D eigenvalue weighted by Crippen LogP contribution is 2.22. The van der Waals surface area contributed by atoms with Gasteiger partial charge in [0.1, 0.15) is 0 Å². The van der Waals surface area contributed by atoms with Gasteiger partial charge in [0.15, 0.2) is 9.84 Å². The minimum absolute atomic E-state index is 0.0870. The van der Waals surface area contributed by atoms with E-state index in [2.05, 4.69) is 15.5 Å². The van der Waals surface area contributed by atoms with Crippen molar-refractivity contribution in [2.45, 2.75) is 4.90 Å². The number of hydrogen-bond donors (Lipinski definition) is 1. The first-order valence-electron chi connectivity index (χ1n) is 8.10. The summed E-state index contributed by atoms with van der Waals surface area (Å²) in [4.78, 5) is 22.4. The molecule has 0 unspecified atom stereocenters. The molecule has 1 N–H and O–H groups in total. The van der Waals surface area contributed by atoms with Crippen LogP contribution in [0.2, 0.25) is 0 Å². The lowest BCUT2D eigenvalue weighted by Gasteiger charge is -1.99. The Bertz CT molecular complexity index is 1200. The Hall–Kier alpha value is -3.86. The first-order chi connectivity index (χ1) is 13.7. The molecule has 1 heterocycles. The van der Waals surface area contributed by atoms with Gasteiger partial charge in [0, 0.05) is 30.0 Å². The summed E-state index contributed by atoms with van der Waals surface area (Å²) in [6, 6.07) is 11.5. The molecule has 10 nitrogen and oxygen atoms in total. The van der Waals surface area contributed by atoms with Gasteiger partial charge in [-0.15, -0.1) is 5.10 Å². The fourth-order valence-electron chi connectivity index (χ4n) is 2.30. The van der Waals surface area contributed by atoms with Crippen molar-refractivity contribution in [3.8, 4) is 11.5 Å². The average molecular weight is 414 g/mol. The van der Waals surface area contributed by atoms with Crippen molar-refractivity contribution >= 4 is 33.5 Å². The Morgan fingerprint density at radius 3 is 2.55 bits per heavy atom. The Labute approximate surface area is 165 Å². The van der Waals surface area contributed by atoms with Crippen LogP contribution >= 0.6 is 0 Å². The fourth-order valence-corrected chi connectivity index (χ4v) is 2.93. The monoisotopic (exact) mass is 414 g/mol. The predicted molar refractivity (Wildman–Crippen MR) is 104 cm³/mol. The minimum atomic E-state index is -3.32. The van der Waals surface area contributed by atoms with Gasteiger partial charge in [-0.2, -0.15) is 0 Å². The van der Waals surface area contributed by atoms with E-state index in [4.69, 9.17) is 4.42 Å². The molecule has 1 amide bonds. The molecule has 29 heavy (non-hydrogen) atoms. The lowest BCUT2D eigenvalue weighted by atomic mass is 10.2. The number of amides is 1. The van der Waals surface area contributed by atoms with E-state index in [0.717, 1.165) is 6.26 Å². The smallest absolute Gasteiger partial charge is 0.322 e. The van der Waals surface area contributed by atoms with Crippen LogP contribution in [0.5, 0.6) is 0 Å². The summed E-state index contributed by atoms with van der Waals surface area (Å²) >= 11 is 0. The second-order valence-corrected chi connectivity index (χ2v) is 7.90. The van der Waals surface area contributed by atoms with Crippen LogP contribution in [0.15, 0.2) is 63.9 Å². The van der Waals surface area contributed by atoms with Crippen LogP contribution in [-0.2, 0) is 14.6 Å². The Morgan fingerprint density at radius 2 is 1.90 bits per heavy atom. The van der Waals surface area contributed by atoms with E-state index in [1.54, 1.807) is 6.07 Å². The second-order valence-electron chi connectivity index (χ2n) is 5.88. The van der Waals surface area contributed by atoms with Gasteiger partial charge in [0.05, 0.1) is 9.82 Å². The number of sulfone groups is 1. The molecule has 11 heteroatoms. The largest absolute Gasteiger partial charge is 0.403 e. The summed E-state index contributed by atoms with van der Waals surface area (Å²) in [7, 11) is -3.32. The van der Waals surface area contributed by atoms with Crippen LogP contribution < -0.4 is 5.32 Å². The first kappa shape index (κ1) is 19.9. The minimum Gasteiger partial charge on any atom is -0.403 e. The molecule has 0 saturated carbocycles. The molecule has 0 radical (unpaired) electrons. The zero-order valence-corrected chi connectivity index (χ0v) is 15.8. The van der Waals surface area contributed by atoms with Crippen molar-refractivity contribution in [3.63, 3.8) is 0 Å². The molecule has 0 bridgehead atoms. The van der Waals surface area contributed by atoms with E-state index < -0.39 is 20.7 Å². The molecule has 0 saturated heterocycles. The second kappa shape index (κ2) is 8.02. The van der Waals surface area contributed by atoms with E-state index in [-0.39, 0.29) is 22.5 Å². The molecule has 0 aliphatic heterocycles. The maximum Gasteiger partial charge on any atom is 0.322 e. The number of rotatable bonds is 6. The van der Waals surface area contributed by atoms with Crippen LogP contribution in [0.4, 0.5) is 11.7 Å². The summed E-state index contributed by atoms with van der Waals surface area (Å²) in [5.41, 5.74) is 0.875. The molecule has 3 rings (SSSR count). The van der Waals surface area contributed by atoms with Crippen LogP contribution in [0.3, 0.4) is 0 Å². The van der Waals surface area contributed by atoms with Gasteiger partial charge in [-0.1, -0.05) is 17.2 Å². The van der Waals surface area contributed by atoms with E-state index in [0.29, 0.717) is 11.1 Å². The molecule has 0 aliphatic rings. The van der Waals surface area contributed by atoms with E-state index in [1.165, 1.54) is 54.6 Å². The molecule has 2 aromatic carbocycles. The van der Waals surface area contributed by atoms with Crippen molar-refractivity contribution in [3.05, 3.63) is 70.3 Å². The van der Waals surface area contributed by atoms with E-state index in [9.17, 15) is 23.3 Å². The molecule has 0 aliphatic carbocycles. The first-order valence-corrected chi connectivity index (χ1v) is 9.99. The van der Waals surface area contributed by atoms with E-state index in [1.807, 2.05) is 0 Å². The third kappa shape index (κ3) is 5.11. The van der Waals surface area contributed by atoms with Crippen molar-refractivity contribution in [1.29, 1.82) is 0 Å². The van der Waals surface area contributed by atoms with Crippen molar-refractivity contribution < 1.29 is 22.6 Å². The highest BCUT2D eigenvalue weighted by Gasteiger charge is 2.12. The Balaban J connectivity index is 1.67. The van der Waals surface area contributed by atoms with Gasteiger partial charge in [0.25, 0.3) is 11.6 Å². The Kier molecular flexibility index (Phi) is 5.50. The van der Waals surface area contributed by atoms with Crippen LogP contribution in [0, 0.1) is 10.1 Å². The number of hydrogen-bond acceptors (Lipinski definition) is 8. The highest BCUT2D eigenvalue weighted by molar-refractivity contribution is 7.90. The summed E-state index contributed by atoms with van der Waals surface area (Å²) in [5.74, 6) is -0.470. The van der Waals surface area contributed by atoms with Gasteiger partial charge in [-0.25, -0.2) is 8.42 Å². The molecule has 148 valence electrons. The number of nitrogens with one attached hydrogen (secondary N) is 1. The standard InChI is InChI=1S/C18H14N4O6S/c1-29(26,27)15-8-6-13(7-9-15)17-20-21-18(28-17)19-16(23)10-5-12-3-2-4-14(11-12)22(24)25/h2-11H,1H3,(H,19,21,23). The van der Waals surface area contributed by atoms with Gasteiger partial charge in [-0.3, -0.25) is 20.2 Å². The van der Waals surface area contributed by atoms with Gasteiger partial charge in [-0.05, 0) is 35.9 Å². The van der Waals surface area contributed by atoms with Crippen LogP contribution in [0.25, 0.3) is 17.5 Å². The number of nitro groups is 1. The summed E-state index contributed by atoms with van der Waals surface area (Å²) in [5, 5.41) is 20.7. The number of anilines is 1. The third-order valence-electron chi connectivity index (χ3n) is 3.69. The molecule has 0 fully saturated rings. The number of aromatic nitrogens is 2. The summed E-state index contributed by atoms with van der Waals surface area (Å²) in [6.07, 6.45) is 3.68.